The summed E-state index contributed by atoms with van der Waals surface area (Å²) in [7, 11) is 1.58. The monoisotopic (exact) mass is 205 g/mol. The Labute approximate surface area is 86.9 Å². The number of hydrogen-bond acceptors (Lipinski definition) is 5. The predicted octanol–water partition coefficient (Wildman–Crippen LogP) is 1.64. The van der Waals surface area contributed by atoms with Crippen molar-refractivity contribution in [3.63, 3.8) is 0 Å². The minimum absolute atomic E-state index is 0.414. The number of nitrogen functional groups attached to an aromatic ring is 1. The average molecular weight is 205 g/mol. The first-order valence-electron chi connectivity index (χ1n) is 4.45. The van der Waals surface area contributed by atoms with Crippen molar-refractivity contribution in [2.75, 3.05) is 12.8 Å². The minimum atomic E-state index is 0.414. The Hall–Kier alpha value is -2.04. The number of ether oxygens (including phenoxy) is 1. The molecule has 2 aromatic rings. The van der Waals surface area contributed by atoms with Crippen LogP contribution in [0.2, 0.25) is 0 Å². The fraction of sp³-hybridized carbons (Fsp3) is 0.200. The van der Waals surface area contributed by atoms with Gasteiger partial charge in [-0.15, -0.1) is 0 Å². The van der Waals surface area contributed by atoms with Crippen LogP contribution in [0.4, 0.5) is 5.69 Å². The minimum Gasteiger partial charge on any atom is -0.496 e. The molecule has 78 valence electrons. The largest absolute Gasteiger partial charge is 0.496 e. The quantitative estimate of drug-likeness (QED) is 0.754. The van der Waals surface area contributed by atoms with Crippen LogP contribution in [0.1, 0.15) is 5.82 Å². The molecule has 0 aliphatic heterocycles. The molecule has 0 spiro atoms. The van der Waals surface area contributed by atoms with Crippen LogP contribution in [0.15, 0.2) is 22.7 Å². The summed E-state index contributed by atoms with van der Waals surface area (Å²) in [6.07, 6.45) is 0. The summed E-state index contributed by atoms with van der Waals surface area (Å²) < 4.78 is 10.2. The summed E-state index contributed by atoms with van der Waals surface area (Å²) in [4.78, 5) is 4.12. The molecule has 0 saturated carbocycles. The van der Waals surface area contributed by atoms with Crippen molar-refractivity contribution in [1.29, 1.82) is 0 Å². The molecule has 15 heavy (non-hydrogen) atoms. The summed E-state index contributed by atoms with van der Waals surface area (Å²) >= 11 is 0. The number of rotatable bonds is 2. The highest BCUT2D eigenvalue weighted by atomic mass is 16.5. The summed E-state index contributed by atoms with van der Waals surface area (Å²) in [5.41, 5.74) is 7.01. The highest BCUT2D eigenvalue weighted by molar-refractivity contribution is 5.67. The third kappa shape index (κ3) is 1.76. The van der Waals surface area contributed by atoms with Crippen molar-refractivity contribution in [2.24, 2.45) is 0 Å². The second-order valence-corrected chi connectivity index (χ2v) is 3.11. The van der Waals surface area contributed by atoms with E-state index in [1.165, 1.54) is 0 Å². The first kappa shape index (κ1) is 9.51. The van der Waals surface area contributed by atoms with E-state index in [1.807, 2.05) is 0 Å². The maximum atomic E-state index is 5.68. The van der Waals surface area contributed by atoms with Crippen molar-refractivity contribution in [3.05, 3.63) is 24.0 Å². The molecule has 0 amide bonds. The molecule has 2 N–H and O–H groups in total. The van der Waals surface area contributed by atoms with Crippen LogP contribution in [0, 0.1) is 6.92 Å². The molecule has 0 bridgehead atoms. The van der Waals surface area contributed by atoms with Gasteiger partial charge in [0, 0.05) is 5.69 Å². The van der Waals surface area contributed by atoms with Gasteiger partial charge in [0.15, 0.2) is 5.82 Å². The third-order valence-electron chi connectivity index (χ3n) is 1.98. The SMILES string of the molecule is COc1ccc(N)cc1-c1nc(C)no1. The van der Waals surface area contributed by atoms with Gasteiger partial charge in [-0.05, 0) is 25.1 Å². The number of anilines is 1. The van der Waals surface area contributed by atoms with Crippen molar-refractivity contribution in [2.45, 2.75) is 6.92 Å². The average Bonchev–Trinajstić information content (AvgIpc) is 2.65. The van der Waals surface area contributed by atoms with Crippen molar-refractivity contribution >= 4 is 5.69 Å². The molecule has 1 aromatic heterocycles. The molecular weight excluding hydrogens is 194 g/mol. The van der Waals surface area contributed by atoms with E-state index in [-0.39, 0.29) is 0 Å². The van der Waals surface area contributed by atoms with Gasteiger partial charge < -0.3 is 15.0 Å². The zero-order valence-corrected chi connectivity index (χ0v) is 8.52. The van der Waals surface area contributed by atoms with Crippen LogP contribution in [0.3, 0.4) is 0 Å². The normalized spacial score (nSPS) is 10.3. The fourth-order valence-corrected chi connectivity index (χ4v) is 1.30. The molecular formula is C10H11N3O2. The van der Waals surface area contributed by atoms with Crippen LogP contribution in [-0.4, -0.2) is 17.3 Å². The van der Waals surface area contributed by atoms with Gasteiger partial charge in [-0.3, -0.25) is 0 Å². The van der Waals surface area contributed by atoms with E-state index in [2.05, 4.69) is 10.1 Å². The second-order valence-electron chi connectivity index (χ2n) is 3.11. The van der Waals surface area contributed by atoms with E-state index in [0.717, 1.165) is 0 Å². The second kappa shape index (κ2) is 3.61. The molecule has 0 fully saturated rings. The van der Waals surface area contributed by atoms with E-state index >= 15 is 0 Å². The summed E-state index contributed by atoms with van der Waals surface area (Å²) in [5, 5.41) is 3.72. The van der Waals surface area contributed by atoms with Gasteiger partial charge in [0.05, 0.1) is 12.7 Å². The van der Waals surface area contributed by atoms with E-state index in [4.69, 9.17) is 15.0 Å². The van der Waals surface area contributed by atoms with Crippen LogP contribution >= 0.6 is 0 Å². The van der Waals surface area contributed by atoms with Gasteiger partial charge in [0.1, 0.15) is 5.75 Å². The fourth-order valence-electron chi connectivity index (χ4n) is 1.30. The lowest BCUT2D eigenvalue weighted by Gasteiger charge is -2.04. The lowest BCUT2D eigenvalue weighted by atomic mass is 10.2. The highest BCUT2D eigenvalue weighted by Crippen LogP contribution is 2.30. The predicted molar refractivity (Wildman–Crippen MR) is 55.4 cm³/mol. The molecule has 2 rings (SSSR count). The highest BCUT2D eigenvalue weighted by Gasteiger charge is 2.12. The van der Waals surface area contributed by atoms with Gasteiger partial charge in [-0.25, -0.2) is 0 Å². The maximum Gasteiger partial charge on any atom is 0.261 e. The molecule has 0 unspecified atom stereocenters. The molecule has 0 aliphatic rings. The number of aryl methyl sites for hydroxylation is 1. The summed E-state index contributed by atoms with van der Waals surface area (Å²) in [6, 6.07) is 5.27. The van der Waals surface area contributed by atoms with Gasteiger partial charge in [0.25, 0.3) is 5.89 Å². The Morgan fingerprint density at radius 3 is 2.80 bits per heavy atom. The number of benzene rings is 1. The Kier molecular flexibility index (Phi) is 2.29. The van der Waals surface area contributed by atoms with Crippen LogP contribution in [-0.2, 0) is 0 Å². The molecule has 0 saturated heterocycles. The van der Waals surface area contributed by atoms with Gasteiger partial charge in [0.2, 0.25) is 0 Å². The van der Waals surface area contributed by atoms with Crippen LogP contribution < -0.4 is 10.5 Å². The van der Waals surface area contributed by atoms with Crippen molar-refractivity contribution < 1.29 is 9.26 Å². The molecule has 0 aliphatic carbocycles. The zero-order chi connectivity index (χ0) is 10.8. The van der Waals surface area contributed by atoms with Crippen LogP contribution in [0.5, 0.6) is 5.75 Å². The Morgan fingerprint density at radius 2 is 2.20 bits per heavy atom. The number of aromatic nitrogens is 2. The van der Waals surface area contributed by atoms with Crippen LogP contribution in [0.25, 0.3) is 11.5 Å². The van der Waals surface area contributed by atoms with Crippen molar-refractivity contribution in [3.8, 4) is 17.2 Å². The number of hydrogen-bond donors (Lipinski definition) is 1. The van der Waals surface area contributed by atoms with Gasteiger partial charge in [-0.2, -0.15) is 4.98 Å². The Morgan fingerprint density at radius 1 is 1.40 bits per heavy atom. The van der Waals surface area contributed by atoms with E-state index in [0.29, 0.717) is 28.7 Å². The van der Waals surface area contributed by atoms with E-state index in [1.54, 1.807) is 32.2 Å². The number of nitrogens with two attached hydrogens (primary N) is 1. The molecule has 0 atom stereocenters. The standard InChI is InChI=1S/C10H11N3O2/c1-6-12-10(15-13-6)8-5-7(11)3-4-9(8)14-2/h3-5H,11H2,1-2H3. The lowest BCUT2D eigenvalue weighted by Crippen LogP contribution is -1.91. The Balaban J connectivity index is 2.55. The molecule has 5 heteroatoms. The molecule has 5 nitrogen and oxygen atoms in total. The molecule has 1 heterocycles. The Bertz CT molecular complexity index is 479. The third-order valence-corrected chi connectivity index (χ3v) is 1.98. The van der Waals surface area contributed by atoms with Gasteiger partial charge in [-0.1, -0.05) is 5.16 Å². The topological polar surface area (TPSA) is 74.2 Å². The molecule has 1 aromatic carbocycles. The smallest absolute Gasteiger partial charge is 0.261 e. The number of methoxy groups -OCH3 is 1. The van der Waals surface area contributed by atoms with Crippen molar-refractivity contribution in [1.82, 2.24) is 10.1 Å². The maximum absolute atomic E-state index is 5.68. The van der Waals surface area contributed by atoms with E-state index in [9.17, 15) is 0 Å². The number of nitrogens with zero attached hydrogens (tertiary/aromatic N) is 2. The lowest BCUT2D eigenvalue weighted by molar-refractivity contribution is 0.404. The first-order chi connectivity index (χ1) is 7.20. The van der Waals surface area contributed by atoms with E-state index < -0.39 is 0 Å². The first-order valence-corrected chi connectivity index (χ1v) is 4.45. The van der Waals surface area contributed by atoms with Gasteiger partial charge >= 0.3 is 0 Å². The summed E-state index contributed by atoms with van der Waals surface area (Å²) in [6.45, 7) is 1.76. The summed E-state index contributed by atoms with van der Waals surface area (Å²) in [5.74, 6) is 1.65. The zero-order valence-electron chi connectivity index (χ0n) is 8.52. The molecule has 0 radical (unpaired) electrons.